The van der Waals surface area contributed by atoms with Crippen molar-refractivity contribution in [2.45, 2.75) is 26.9 Å². The molecule has 206 valence electrons. The molecular weight excluding hydrogens is 530 g/mol. The number of carbonyl (C=O) groups excluding carboxylic acids is 1. The second-order valence-electron chi connectivity index (χ2n) is 8.56. The van der Waals surface area contributed by atoms with Gasteiger partial charge in [0, 0.05) is 17.7 Å². The van der Waals surface area contributed by atoms with Crippen LogP contribution in [0.25, 0.3) is 6.08 Å². The summed E-state index contributed by atoms with van der Waals surface area (Å²) >= 11 is 1.25. The molecule has 0 aliphatic carbocycles. The van der Waals surface area contributed by atoms with Crippen LogP contribution >= 0.6 is 11.8 Å². The van der Waals surface area contributed by atoms with Crippen LogP contribution < -0.4 is 19.5 Å². The van der Waals surface area contributed by atoms with Gasteiger partial charge in [-0.2, -0.15) is 0 Å². The molecule has 40 heavy (non-hydrogen) atoms. The lowest BCUT2D eigenvalue weighted by Gasteiger charge is -2.17. The molecule has 1 aliphatic heterocycles. The van der Waals surface area contributed by atoms with E-state index in [1.54, 1.807) is 30.4 Å². The summed E-state index contributed by atoms with van der Waals surface area (Å²) in [6.07, 6.45) is 4.02. The number of rotatable bonds is 12. The van der Waals surface area contributed by atoms with Gasteiger partial charge >= 0.3 is 0 Å². The maximum atomic E-state index is 12.7. The van der Waals surface area contributed by atoms with Crippen molar-refractivity contribution in [1.29, 1.82) is 0 Å². The van der Waals surface area contributed by atoms with Crippen molar-refractivity contribution in [3.8, 4) is 17.2 Å². The number of allylic oxidation sites excluding steroid dienone is 1. The number of non-ortho nitro benzene ring substituents is 1. The van der Waals surface area contributed by atoms with Crippen LogP contribution in [0.2, 0.25) is 0 Å². The van der Waals surface area contributed by atoms with Gasteiger partial charge in [-0.25, -0.2) is 4.99 Å². The van der Waals surface area contributed by atoms with Crippen molar-refractivity contribution in [3.05, 3.63) is 105 Å². The van der Waals surface area contributed by atoms with E-state index in [9.17, 15) is 14.9 Å². The molecule has 3 aromatic rings. The number of hydrogen-bond donors (Lipinski definition) is 1. The Morgan fingerprint density at radius 3 is 2.52 bits per heavy atom. The number of ether oxygens (including phenoxy) is 3. The standard InChI is InChI=1S/C30H29N3O6S/c1-4-8-22-15-21(17-26(38-6-3)28(22)39-19-20-9-7-10-24(16-20)33(35)36)18-27-29(34)32-30(40-27)31-23-11-13-25(14-12-23)37-5-2/h4,7,9-18H,1,5-6,8,19H2,2-3H3,(H,31,32,34)/b27-18+. The number of nitrogens with one attached hydrogen (secondary N) is 1. The normalized spacial score (nSPS) is 14.7. The summed E-state index contributed by atoms with van der Waals surface area (Å²) < 4.78 is 17.5. The molecule has 0 saturated carbocycles. The van der Waals surface area contributed by atoms with Gasteiger partial charge in [-0.1, -0.05) is 18.2 Å². The molecule has 1 N–H and O–H groups in total. The van der Waals surface area contributed by atoms with Crippen LogP contribution in [0.3, 0.4) is 0 Å². The molecular formula is C30H29N3O6S. The second-order valence-corrected chi connectivity index (χ2v) is 9.59. The predicted molar refractivity (Wildman–Crippen MR) is 157 cm³/mol. The predicted octanol–water partition coefficient (Wildman–Crippen LogP) is 6.59. The zero-order valence-electron chi connectivity index (χ0n) is 22.2. The SMILES string of the molecule is C=CCc1cc(/C=C2/SC(=Nc3ccc(OCC)cc3)NC2=O)cc(OCC)c1OCc1cccc([N+](=O)[O-])c1. The Morgan fingerprint density at radius 1 is 1.05 bits per heavy atom. The van der Waals surface area contributed by atoms with E-state index in [1.165, 1.54) is 23.9 Å². The topological polar surface area (TPSA) is 112 Å². The first-order valence-electron chi connectivity index (χ1n) is 12.7. The highest BCUT2D eigenvalue weighted by Crippen LogP contribution is 2.37. The van der Waals surface area contributed by atoms with Crippen molar-refractivity contribution in [2.24, 2.45) is 4.99 Å². The number of nitro benzene ring substituents is 1. The molecule has 1 saturated heterocycles. The number of benzene rings is 3. The Hall–Kier alpha value is -4.57. The van der Waals surface area contributed by atoms with Crippen LogP contribution in [0.1, 0.15) is 30.5 Å². The number of amides is 1. The zero-order chi connectivity index (χ0) is 28.5. The third-order valence-corrected chi connectivity index (χ3v) is 6.56. The molecule has 0 bridgehead atoms. The van der Waals surface area contributed by atoms with Gasteiger partial charge in [-0.15, -0.1) is 6.58 Å². The Kier molecular flexibility index (Phi) is 9.58. The molecule has 0 aromatic heterocycles. The highest BCUT2D eigenvalue weighted by Gasteiger charge is 2.24. The van der Waals surface area contributed by atoms with Gasteiger partial charge in [0.05, 0.1) is 28.7 Å². The molecule has 1 aliphatic rings. The van der Waals surface area contributed by atoms with E-state index < -0.39 is 4.92 Å². The number of nitro groups is 1. The average Bonchev–Trinajstić information content (AvgIpc) is 3.28. The largest absolute Gasteiger partial charge is 0.494 e. The van der Waals surface area contributed by atoms with Crippen molar-refractivity contribution in [3.63, 3.8) is 0 Å². The van der Waals surface area contributed by atoms with Crippen LogP contribution in [0.4, 0.5) is 11.4 Å². The first kappa shape index (κ1) is 28.4. The van der Waals surface area contributed by atoms with E-state index >= 15 is 0 Å². The Balaban J connectivity index is 1.58. The highest BCUT2D eigenvalue weighted by molar-refractivity contribution is 8.18. The quantitative estimate of drug-likeness (QED) is 0.115. The third kappa shape index (κ3) is 7.29. The van der Waals surface area contributed by atoms with Gasteiger partial charge in [-0.05, 0) is 85.6 Å². The van der Waals surface area contributed by atoms with Gasteiger partial charge in [0.15, 0.2) is 16.7 Å². The molecule has 4 rings (SSSR count). The summed E-state index contributed by atoms with van der Waals surface area (Å²) in [5.74, 6) is 1.54. The monoisotopic (exact) mass is 559 g/mol. The van der Waals surface area contributed by atoms with Crippen LogP contribution in [0.5, 0.6) is 17.2 Å². The molecule has 3 aromatic carbocycles. The molecule has 10 heteroatoms. The molecule has 9 nitrogen and oxygen atoms in total. The van der Waals surface area contributed by atoms with Crippen molar-refractivity contribution < 1.29 is 23.9 Å². The van der Waals surface area contributed by atoms with Crippen LogP contribution in [-0.4, -0.2) is 29.2 Å². The van der Waals surface area contributed by atoms with E-state index in [4.69, 9.17) is 14.2 Å². The fourth-order valence-corrected chi connectivity index (χ4v) is 4.79. The summed E-state index contributed by atoms with van der Waals surface area (Å²) in [6, 6.07) is 17.3. The lowest BCUT2D eigenvalue weighted by molar-refractivity contribution is -0.384. The number of thioether (sulfide) groups is 1. The Bertz CT molecular complexity index is 1470. The van der Waals surface area contributed by atoms with Gasteiger partial charge in [0.1, 0.15) is 12.4 Å². The number of aliphatic imine (C=N–C) groups is 1. The molecule has 0 radical (unpaired) electrons. The van der Waals surface area contributed by atoms with Gasteiger partial charge in [0.2, 0.25) is 0 Å². The lowest BCUT2D eigenvalue weighted by atomic mass is 10.0. The summed E-state index contributed by atoms with van der Waals surface area (Å²) in [5, 5.41) is 14.4. The number of nitrogens with zero attached hydrogens (tertiary/aromatic N) is 2. The summed E-state index contributed by atoms with van der Waals surface area (Å²) in [4.78, 5) is 28.4. The third-order valence-electron chi connectivity index (χ3n) is 5.65. The zero-order valence-corrected chi connectivity index (χ0v) is 23.0. The maximum Gasteiger partial charge on any atom is 0.269 e. The number of hydrogen-bond acceptors (Lipinski definition) is 8. The van der Waals surface area contributed by atoms with Gasteiger partial charge in [0.25, 0.3) is 11.6 Å². The average molecular weight is 560 g/mol. The Labute approximate surface area is 236 Å². The van der Waals surface area contributed by atoms with Crippen molar-refractivity contribution >= 4 is 40.3 Å². The fraction of sp³-hybridized carbons (Fsp3) is 0.200. The van der Waals surface area contributed by atoms with E-state index in [0.29, 0.717) is 52.5 Å². The van der Waals surface area contributed by atoms with E-state index in [0.717, 1.165) is 16.9 Å². The van der Waals surface area contributed by atoms with Crippen LogP contribution in [-0.2, 0) is 17.8 Å². The maximum absolute atomic E-state index is 12.7. The smallest absolute Gasteiger partial charge is 0.269 e. The first-order valence-corrected chi connectivity index (χ1v) is 13.5. The number of carbonyl (C=O) groups is 1. The van der Waals surface area contributed by atoms with Gasteiger partial charge in [-0.3, -0.25) is 14.9 Å². The van der Waals surface area contributed by atoms with Gasteiger partial charge < -0.3 is 19.5 Å². The molecule has 0 spiro atoms. The first-order chi connectivity index (χ1) is 19.4. The Morgan fingerprint density at radius 2 is 1.82 bits per heavy atom. The molecule has 1 heterocycles. The number of amidine groups is 1. The minimum absolute atomic E-state index is 0.00260. The van der Waals surface area contributed by atoms with Crippen LogP contribution in [0, 0.1) is 10.1 Å². The minimum atomic E-state index is -0.438. The minimum Gasteiger partial charge on any atom is -0.494 e. The molecule has 1 fully saturated rings. The fourth-order valence-electron chi connectivity index (χ4n) is 3.95. The van der Waals surface area contributed by atoms with E-state index in [-0.39, 0.29) is 18.2 Å². The molecule has 0 unspecified atom stereocenters. The summed E-state index contributed by atoms with van der Waals surface area (Å²) in [7, 11) is 0. The van der Waals surface area contributed by atoms with Crippen LogP contribution in [0.15, 0.2) is 83.2 Å². The van der Waals surface area contributed by atoms with E-state index in [2.05, 4.69) is 16.9 Å². The molecule has 0 atom stereocenters. The van der Waals surface area contributed by atoms with E-state index in [1.807, 2.05) is 44.2 Å². The second kappa shape index (κ2) is 13.5. The van der Waals surface area contributed by atoms with Crippen molar-refractivity contribution in [1.82, 2.24) is 5.32 Å². The highest BCUT2D eigenvalue weighted by atomic mass is 32.2. The summed E-state index contributed by atoms with van der Waals surface area (Å²) in [5.41, 5.74) is 2.92. The summed E-state index contributed by atoms with van der Waals surface area (Å²) in [6.45, 7) is 8.74. The van der Waals surface area contributed by atoms with Crippen molar-refractivity contribution in [2.75, 3.05) is 13.2 Å². The molecule has 1 amide bonds. The lowest BCUT2D eigenvalue weighted by Crippen LogP contribution is -2.19.